The number of rotatable bonds is 1. The second kappa shape index (κ2) is 5.72. The highest BCUT2D eigenvalue weighted by Crippen LogP contribution is 2.31. The summed E-state index contributed by atoms with van der Waals surface area (Å²) in [4.78, 5) is 13.7. The fourth-order valence-electron chi connectivity index (χ4n) is 2.69. The maximum absolute atomic E-state index is 13.8. The van der Waals surface area contributed by atoms with Gasteiger partial charge in [-0.25, -0.2) is 9.18 Å². The van der Waals surface area contributed by atoms with Crippen LogP contribution in [0.1, 0.15) is 32.8 Å². The average Bonchev–Trinajstić information content (AvgIpc) is 2.93. The maximum atomic E-state index is 13.8. The number of ether oxygens (including phenoxy) is 1. The van der Waals surface area contributed by atoms with E-state index in [1.54, 1.807) is 17.2 Å². The first-order valence-corrected chi connectivity index (χ1v) is 7.67. The number of benzene rings is 1. The molecule has 5 heteroatoms. The molecule has 0 fully saturated rings. The zero-order valence-electron chi connectivity index (χ0n) is 13.6. The molecule has 4 nitrogen and oxygen atoms in total. The van der Waals surface area contributed by atoms with E-state index >= 15 is 0 Å². The molecule has 1 aromatic carbocycles. The molecule has 0 radical (unpaired) electrons. The molecule has 0 atom stereocenters. The molecule has 1 aromatic heterocycles. The lowest BCUT2D eigenvalue weighted by Gasteiger charge is -2.29. The minimum Gasteiger partial charge on any atom is -0.464 e. The van der Waals surface area contributed by atoms with Crippen LogP contribution in [0.2, 0.25) is 0 Å². The number of carbonyl (C=O) groups is 1. The predicted molar refractivity (Wildman–Crippen MR) is 86.6 cm³/mol. The van der Waals surface area contributed by atoms with Gasteiger partial charge in [-0.2, -0.15) is 0 Å². The van der Waals surface area contributed by atoms with Crippen LogP contribution in [-0.4, -0.2) is 29.7 Å². The Labute approximate surface area is 134 Å². The van der Waals surface area contributed by atoms with Gasteiger partial charge in [0.05, 0.1) is 6.26 Å². The first-order valence-electron chi connectivity index (χ1n) is 7.67. The summed E-state index contributed by atoms with van der Waals surface area (Å²) in [6, 6.07) is 4.69. The minimum atomic E-state index is -0.510. The number of halogens is 1. The van der Waals surface area contributed by atoms with E-state index in [2.05, 4.69) is 0 Å². The third-order valence-corrected chi connectivity index (χ3v) is 3.72. The van der Waals surface area contributed by atoms with Gasteiger partial charge >= 0.3 is 6.09 Å². The molecular formula is C18H20FNO3. The van der Waals surface area contributed by atoms with E-state index in [9.17, 15) is 9.18 Å². The van der Waals surface area contributed by atoms with E-state index in [0.717, 1.165) is 16.5 Å². The van der Waals surface area contributed by atoms with Crippen molar-refractivity contribution < 1.29 is 18.3 Å². The number of fused-ring (bicyclic) bond motifs is 1. The summed E-state index contributed by atoms with van der Waals surface area (Å²) in [7, 11) is 0. The van der Waals surface area contributed by atoms with Gasteiger partial charge in [-0.15, -0.1) is 0 Å². The van der Waals surface area contributed by atoms with E-state index in [4.69, 9.17) is 9.15 Å². The minimum absolute atomic E-state index is 0.288. The molecule has 2 heterocycles. The number of amides is 1. The lowest BCUT2D eigenvalue weighted by molar-refractivity contribution is 0.0270. The van der Waals surface area contributed by atoms with E-state index in [1.807, 2.05) is 26.8 Å². The first-order chi connectivity index (χ1) is 10.8. The van der Waals surface area contributed by atoms with Crippen LogP contribution in [0.15, 0.2) is 35.0 Å². The van der Waals surface area contributed by atoms with Crippen molar-refractivity contribution in [1.29, 1.82) is 0 Å². The van der Waals surface area contributed by atoms with Gasteiger partial charge in [0.25, 0.3) is 0 Å². The molecule has 23 heavy (non-hydrogen) atoms. The van der Waals surface area contributed by atoms with Gasteiger partial charge in [-0.1, -0.05) is 6.08 Å². The van der Waals surface area contributed by atoms with Crippen molar-refractivity contribution >= 4 is 22.6 Å². The van der Waals surface area contributed by atoms with E-state index < -0.39 is 5.60 Å². The van der Waals surface area contributed by atoms with E-state index in [-0.39, 0.29) is 11.9 Å². The Morgan fingerprint density at radius 2 is 2.13 bits per heavy atom. The molecule has 1 amide bonds. The molecule has 1 aliphatic rings. The molecule has 0 saturated carbocycles. The summed E-state index contributed by atoms with van der Waals surface area (Å²) in [5, 5.41) is 0.746. The number of hydrogen-bond donors (Lipinski definition) is 0. The second-order valence-electron chi connectivity index (χ2n) is 6.70. The molecule has 2 aromatic rings. The van der Waals surface area contributed by atoms with Crippen molar-refractivity contribution in [2.75, 3.05) is 13.1 Å². The fraction of sp³-hybridized carbons (Fsp3) is 0.389. The highest BCUT2D eigenvalue weighted by atomic mass is 19.1. The van der Waals surface area contributed by atoms with Crippen LogP contribution in [0.4, 0.5) is 9.18 Å². The number of carbonyl (C=O) groups excluding carboxylic acids is 1. The van der Waals surface area contributed by atoms with Crippen LogP contribution in [-0.2, 0) is 4.74 Å². The summed E-state index contributed by atoms with van der Waals surface area (Å²) in [5.74, 6) is -0.288. The van der Waals surface area contributed by atoms with Gasteiger partial charge in [-0.3, -0.25) is 0 Å². The Morgan fingerprint density at radius 1 is 1.35 bits per heavy atom. The van der Waals surface area contributed by atoms with E-state index in [1.165, 1.54) is 12.1 Å². The lowest BCUT2D eigenvalue weighted by atomic mass is 9.98. The SMILES string of the molecule is CC(C)(C)OC(=O)N1CC=C(c2cc(F)cc3ccoc23)CC1. The van der Waals surface area contributed by atoms with Crippen molar-refractivity contribution in [3.05, 3.63) is 41.9 Å². The summed E-state index contributed by atoms with van der Waals surface area (Å²) < 4.78 is 24.6. The normalized spacial score (nSPS) is 15.7. The highest BCUT2D eigenvalue weighted by molar-refractivity contribution is 5.90. The molecular weight excluding hydrogens is 297 g/mol. The summed E-state index contributed by atoms with van der Waals surface area (Å²) in [6.07, 6.45) is 3.81. The Hall–Kier alpha value is -2.30. The van der Waals surface area contributed by atoms with Crippen molar-refractivity contribution in [3.63, 3.8) is 0 Å². The number of nitrogens with zero attached hydrogens (tertiary/aromatic N) is 1. The zero-order valence-corrected chi connectivity index (χ0v) is 13.6. The fourth-order valence-corrected chi connectivity index (χ4v) is 2.69. The van der Waals surface area contributed by atoms with Gasteiger partial charge in [0.2, 0.25) is 0 Å². The van der Waals surface area contributed by atoms with Gasteiger partial charge in [0.1, 0.15) is 17.0 Å². The second-order valence-corrected chi connectivity index (χ2v) is 6.70. The predicted octanol–water partition coefficient (Wildman–Crippen LogP) is 4.60. The molecule has 0 spiro atoms. The molecule has 0 N–H and O–H groups in total. The van der Waals surface area contributed by atoms with Crippen molar-refractivity contribution in [2.24, 2.45) is 0 Å². The lowest BCUT2D eigenvalue weighted by Crippen LogP contribution is -2.39. The van der Waals surface area contributed by atoms with Gasteiger partial charge in [-0.05, 0) is 51.0 Å². The number of hydrogen-bond acceptors (Lipinski definition) is 3. The summed E-state index contributed by atoms with van der Waals surface area (Å²) in [5.41, 5.74) is 1.92. The van der Waals surface area contributed by atoms with Crippen molar-refractivity contribution in [1.82, 2.24) is 4.90 Å². The molecule has 0 saturated heterocycles. The van der Waals surface area contributed by atoms with Crippen LogP contribution in [0, 0.1) is 5.82 Å². The molecule has 1 aliphatic heterocycles. The maximum Gasteiger partial charge on any atom is 0.410 e. The van der Waals surface area contributed by atoms with Crippen molar-refractivity contribution in [2.45, 2.75) is 32.8 Å². The largest absolute Gasteiger partial charge is 0.464 e. The highest BCUT2D eigenvalue weighted by Gasteiger charge is 2.24. The Morgan fingerprint density at radius 3 is 2.78 bits per heavy atom. The molecule has 122 valence electrons. The average molecular weight is 317 g/mol. The van der Waals surface area contributed by atoms with Gasteiger partial charge in [0, 0.05) is 24.0 Å². The smallest absolute Gasteiger partial charge is 0.410 e. The Kier molecular flexibility index (Phi) is 3.88. The zero-order chi connectivity index (χ0) is 16.6. The van der Waals surface area contributed by atoms with Gasteiger partial charge in [0.15, 0.2) is 0 Å². The Balaban J connectivity index is 1.81. The molecule has 0 bridgehead atoms. The van der Waals surface area contributed by atoms with Crippen LogP contribution in [0.3, 0.4) is 0 Å². The topological polar surface area (TPSA) is 42.7 Å². The summed E-state index contributed by atoms with van der Waals surface area (Å²) in [6.45, 7) is 6.52. The van der Waals surface area contributed by atoms with Crippen molar-refractivity contribution in [3.8, 4) is 0 Å². The summed E-state index contributed by atoms with van der Waals surface area (Å²) >= 11 is 0. The molecule has 0 aliphatic carbocycles. The third-order valence-electron chi connectivity index (χ3n) is 3.72. The van der Waals surface area contributed by atoms with Crippen LogP contribution >= 0.6 is 0 Å². The van der Waals surface area contributed by atoms with E-state index in [0.29, 0.717) is 25.1 Å². The standard InChI is InChI=1S/C18H20FNO3/c1-18(2,3)23-17(21)20-7-4-12(5-8-20)15-11-14(19)10-13-6-9-22-16(13)15/h4,6,9-11H,5,7-8H2,1-3H3. The monoisotopic (exact) mass is 317 g/mol. The number of furan rings is 1. The quantitative estimate of drug-likeness (QED) is 0.772. The first kappa shape index (κ1) is 15.6. The van der Waals surface area contributed by atoms with Gasteiger partial charge < -0.3 is 14.1 Å². The molecule has 0 unspecified atom stereocenters. The van der Waals surface area contributed by atoms with Crippen LogP contribution in [0.25, 0.3) is 16.5 Å². The molecule has 3 rings (SSSR count). The van der Waals surface area contributed by atoms with Crippen LogP contribution < -0.4 is 0 Å². The Bertz CT molecular complexity index is 770. The third kappa shape index (κ3) is 3.38. The van der Waals surface area contributed by atoms with Crippen LogP contribution in [0.5, 0.6) is 0 Å².